The first-order chi connectivity index (χ1) is 10.6. The minimum atomic E-state index is -1.74. The molecule has 0 aliphatic heterocycles. The first-order valence-electron chi connectivity index (χ1n) is 7.80. The van der Waals surface area contributed by atoms with Crippen molar-refractivity contribution in [2.45, 2.75) is 45.3 Å². The Labute approximate surface area is 147 Å². The van der Waals surface area contributed by atoms with E-state index in [2.05, 4.69) is 61.0 Å². The van der Waals surface area contributed by atoms with Gasteiger partial charge < -0.3 is 4.43 Å². The molecule has 0 saturated carbocycles. The fourth-order valence-electron chi connectivity index (χ4n) is 2.10. The van der Waals surface area contributed by atoms with Crippen LogP contribution in [0.25, 0.3) is 5.69 Å². The smallest absolute Gasteiger partial charge is 0.264 e. The molecule has 1 heterocycles. The van der Waals surface area contributed by atoms with E-state index in [1.807, 2.05) is 12.1 Å². The van der Waals surface area contributed by atoms with Crippen LogP contribution in [-0.2, 0) is 10.8 Å². The molecule has 0 saturated heterocycles. The molecule has 0 fully saturated rings. The minimum Gasteiger partial charge on any atom is -0.416 e. The van der Waals surface area contributed by atoms with E-state index in [0.29, 0.717) is 6.61 Å². The van der Waals surface area contributed by atoms with Crippen molar-refractivity contribution in [1.29, 1.82) is 0 Å². The van der Waals surface area contributed by atoms with Gasteiger partial charge in [0.05, 0.1) is 5.69 Å². The molecule has 0 bridgehead atoms. The zero-order valence-electron chi connectivity index (χ0n) is 14.4. The first kappa shape index (κ1) is 18.2. The van der Waals surface area contributed by atoms with E-state index in [-0.39, 0.29) is 10.6 Å². The van der Waals surface area contributed by atoms with Crippen molar-refractivity contribution < 1.29 is 4.43 Å². The molecule has 23 heavy (non-hydrogen) atoms. The Balaban J connectivity index is 2.17. The van der Waals surface area contributed by atoms with Crippen LogP contribution in [0.4, 0.5) is 0 Å². The summed E-state index contributed by atoms with van der Waals surface area (Å²) >= 11 is 3.52. The average molecular weight is 397 g/mol. The van der Waals surface area contributed by atoms with Crippen molar-refractivity contribution in [2.24, 2.45) is 0 Å². The van der Waals surface area contributed by atoms with Crippen LogP contribution in [-0.4, -0.2) is 24.7 Å². The van der Waals surface area contributed by atoms with Gasteiger partial charge in [-0.1, -0.05) is 36.7 Å². The van der Waals surface area contributed by atoms with Gasteiger partial charge in [-0.2, -0.15) is 0 Å². The maximum atomic E-state index is 11.4. The van der Waals surface area contributed by atoms with Crippen molar-refractivity contribution in [3.63, 3.8) is 0 Å². The molecular weight excluding hydrogens is 372 g/mol. The lowest BCUT2D eigenvalue weighted by Crippen LogP contribution is -2.41. The fraction of sp³-hybridized carbons (Fsp3) is 0.471. The highest BCUT2D eigenvalue weighted by Gasteiger charge is 2.36. The summed E-state index contributed by atoms with van der Waals surface area (Å²) in [6.45, 7) is 11.9. The summed E-state index contributed by atoms with van der Waals surface area (Å²) in [7, 11) is -1.74. The van der Waals surface area contributed by atoms with E-state index in [1.54, 1.807) is 10.9 Å². The van der Waals surface area contributed by atoms with Gasteiger partial charge >= 0.3 is 0 Å². The molecular formula is C17H25BrN2O2Si. The van der Waals surface area contributed by atoms with E-state index in [1.165, 1.54) is 6.07 Å². The summed E-state index contributed by atoms with van der Waals surface area (Å²) in [6.07, 6.45) is 2.56. The van der Waals surface area contributed by atoms with Crippen LogP contribution in [0.3, 0.4) is 0 Å². The van der Waals surface area contributed by atoms with E-state index >= 15 is 0 Å². The van der Waals surface area contributed by atoms with Crippen LogP contribution in [0, 0.1) is 0 Å². The van der Waals surface area contributed by atoms with Crippen LogP contribution in [0.1, 0.15) is 26.3 Å². The van der Waals surface area contributed by atoms with Gasteiger partial charge in [-0.25, -0.2) is 0 Å². The maximum absolute atomic E-state index is 11.4. The predicted molar refractivity (Wildman–Crippen MR) is 101 cm³/mol. The molecule has 2 aromatic rings. The molecule has 4 nitrogen and oxygen atoms in total. The average Bonchev–Trinajstić information content (AvgIpc) is 2.84. The van der Waals surface area contributed by atoms with Crippen molar-refractivity contribution in [2.75, 3.05) is 6.61 Å². The number of nitrogens with zero attached hydrogens (tertiary/aromatic N) is 1. The fourth-order valence-corrected chi connectivity index (χ4v) is 3.55. The molecule has 0 unspecified atom stereocenters. The van der Waals surface area contributed by atoms with E-state index < -0.39 is 8.32 Å². The van der Waals surface area contributed by atoms with E-state index in [9.17, 15) is 4.79 Å². The van der Waals surface area contributed by atoms with E-state index in [4.69, 9.17) is 4.43 Å². The number of benzene rings is 1. The lowest BCUT2D eigenvalue weighted by atomic mass is 10.1. The Bertz CT molecular complexity index is 729. The Morgan fingerprint density at radius 1 is 1.26 bits per heavy atom. The summed E-state index contributed by atoms with van der Waals surface area (Å²) in [4.78, 5) is 11.4. The predicted octanol–water partition coefficient (Wildman–Crippen LogP) is 4.49. The van der Waals surface area contributed by atoms with Crippen LogP contribution in [0.2, 0.25) is 18.1 Å². The summed E-state index contributed by atoms with van der Waals surface area (Å²) in [5.74, 6) is 0. The summed E-state index contributed by atoms with van der Waals surface area (Å²) < 4.78 is 9.06. The Kier molecular flexibility index (Phi) is 5.38. The first-order valence-corrected chi connectivity index (χ1v) is 11.5. The second-order valence-corrected chi connectivity index (χ2v) is 13.0. The highest BCUT2D eigenvalue weighted by molar-refractivity contribution is 9.10. The molecule has 0 spiro atoms. The van der Waals surface area contributed by atoms with Crippen molar-refractivity contribution in [3.8, 4) is 5.69 Å². The summed E-state index contributed by atoms with van der Waals surface area (Å²) in [5.41, 5.74) is 2.02. The van der Waals surface area contributed by atoms with Gasteiger partial charge in [0.25, 0.3) is 5.56 Å². The molecule has 126 valence electrons. The number of nitrogens with one attached hydrogen (secondary N) is 1. The molecule has 1 N–H and O–H groups in total. The van der Waals surface area contributed by atoms with Crippen molar-refractivity contribution in [1.82, 2.24) is 9.78 Å². The van der Waals surface area contributed by atoms with Gasteiger partial charge in [-0.3, -0.25) is 14.6 Å². The molecule has 1 aromatic heterocycles. The van der Waals surface area contributed by atoms with Crippen LogP contribution >= 0.6 is 15.9 Å². The van der Waals surface area contributed by atoms with Gasteiger partial charge in [0.1, 0.15) is 0 Å². The number of aromatic amines is 1. The van der Waals surface area contributed by atoms with Gasteiger partial charge in [0, 0.05) is 23.3 Å². The Morgan fingerprint density at radius 3 is 2.52 bits per heavy atom. The van der Waals surface area contributed by atoms with Gasteiger partial charge in [0.15, 0.2) is 8.32 Å². The highest BCUT2D eigenvalue weighted by atomic mass is 79.9. The molecule has 1 aromatic carbocycles. The minimum absolute atomic E-state index is 0.101. The van der Waals surface area contributed by atoms with Gasteiger partial charge in [0.2, 0.25) is 0 Å². The number of H-pyrrole nitrogens is 1. The normalized spacial score (nSPS) is 12.6. The summed E-state index contributed by atoms with van der Waals surface area (Å²) in [6, 6.07) is 7.59. The third-order valence-corrected chi connectivity index (χ3v) is 9.58. The molecule has 2 rings (SSSR count). The third-order valence-electron chi connectivity index (χ3n) is 4.55. The quantitative estimate of drug-likeness (QED) is 0.756. The largest absolute Gasteiger partial charge is 0.416 e. The number of rotatable bonds is 5. The lowest BCUT2D eigenvalue weighted by molar-refractivity contribution is 0.292. The lowest BCUT2D eigenvalue weighted by Gasteiger charge is -2.36. The van der Waals surface area contributed by atoms with Crippen molar-refractivity contribution in [3.05, 3.63) is 50.9 Å². The number of hydrogen-bond donors (Lipinski definition) is 1. The van der Waals surface area contributed by atoms with E-state index in [0.717, 1.165) is 22.1 Å². The second kappa shape index (κ2) is 6.79. The monoisotopic (exact) mass is 396 g/mol. The second-order valence-electron chi connectivity index (χ2n) is 7.29. The zero-order chi connectivity index (χ0) is 17.3. The number of aromatic nitrogens is 2. The van der Waals surface area contributed by atoms with Crippen molar-refractivity contribution >= 4 is 24.2 Å². The number of hydrogen-bond acceptors (Lipinski definition) is 2. The molecule has 6 heteroatoms. The Morgan fingerprint density at radius 2 is 1.96 bits per heavy atom. The standard InChI is InChI=1S/C17H25BrN2O2Si/c1-17(2,3)23(4,5)22-11-9-13-12-14(18)6-7-15(13)20-10-8-16(21)19-20/h6-8,10,12H,9,11H2,1-5H3,(H,19,21). The molecule has 0 radical (unpaired) electrons. The number of halogens is 1. The van der Waals surface area contributed by atoms with Crippen LogP contribution in [0.5, 0.6) is 0 Å². The molecule has 0 aliphatic rings. The van der Waals surface area contributed by atoms with Gasteiger partial charge in [-0.05, 0) is 48.3 Å². The maximum Gasteiger partial charge on any atom is 0.264 e. The molecule has 0 amide bonds. The summed E-state index contributed by atoms with van der Waals surface area (Å²) in [5, 5.41) is 3.00. The van der Waals surface area contributed by atoms with Crippen LogP contribution < -0.4 is 5.56 Å². The Hall–Kier alpha value is -1.11. The van der Waals surface area contributed by atoms with Crippen LogP contribution in [0.15, 0.2) is 39.7 Å². The molecule has 0 aliphatic carbocycles. The zero-order valence-corrected chi connectivity index (χ0v) is 17.0. The topological polar surface area (TPSA) is 47.0 Å². The van der Waals surface area contributed by atoms with Gasteiger partial charge in [-0.15, -0.1) is 0 Å². The SMILES string of the molecule is CC(C)(C)[Si](C)(C)OCCc1cc(Br)ccc1-n1ccc(=O)[nH]1. The molecule has 0 atom stereocenters. The third kappa shape index (κ3) is 4.46. The highest BCUT2D eigenvalue weighted by Crippen LogP contribution is 2.36.